The van der Waals surface area contributed by atoms with E-state index < -0.39 is 5.97 Å². The third kappa shape index (κ3) is 3.89. The molecular weight excluding hydrogens is 184 g/mol. The molecule has 0 aromatic carbocycles. The quantitative estimate of drug-likeness (QED) is 0.751. The monoisotopic (exact) mass is 196 g/mol. The van der Waals surface area contributed by atoms with E-state index in [1.165, 1.54) is 0 Å². The predicted molar refractivity (Wildman–Crippen MR) is 48.9 cm³/mol. The van der Waals surface area contributed by atoms with Crippen LogP contribution >= 0.6 is 0 Å². The van der Waals surface area contributed by atoms with Crippen molar-refractivity contribution in [1.82, 2.24) is 0 Å². The molecule has 1 rings (SSSR count). The maximum Gasteiger partial charge on any atom is 0.303 e. The molecule has 1 aromatic heterocycles. The van der Waals surface area contributed by atoms with Crippen LogP contribution in [-0.4, -0.2) is 16.9 Å². The van der Waals surface area contributed by atoms with Crippen LogP contribution in [0, 0.1) is 0 Å². The van der Waals surface area contributed by atoms with Gasteiger partial charge in [-0.05, 0) is 12.1 Å². The standard InChI is InChI=1S/C10H12O4/c11-8(4-6-10(12)13)3-5-9-2-1-7-14-9/h1-2,7H,3-6H2,(H,12,13). The molecule has 0 amide bonds. The van der Waals surface area contributed by atoms with Crippen LogP contribution in [0.5, 0.6) is 0 Å². The van der Waals surface area contributed by atoms with E-state index in [4.69, 9.17) is 9.52 Å². The van der Waals surface area contributed by atoms with Crippen molar-refractivity contribution >= 4 is 11.8 Å². The Hall–Kier alpha value is -1.58. The van der Waals surface area contributed by atoms with Crippen molar-refractivity contribution in [3.8, 4) is 0 Å². The highest BCUT2D eigenvalue weighted by Gasteiger charge is 2.06. The van der Waals surface area contributed by atoms with Gasteiger partial charge in [-0.25, -0.2) is 0 Å². The van der Waals surface area contributed by atoms with Crippen LogP contribution in [0.3, 0.4) is 0 Å². The first-order valence-electron chi connectivity index (χ1n) is 4.44. The average molecular weight is 196 g/mol. The molecule has 0 aliphatic carbocycles. The SMILES string of the molecule is O=C(O)CCC(=O)CCc1ccco1. The van der Waals surface area contributed by atoms with Gasteiger partial charge in [0.05, 0.1) is 12.7 Å². The number of ketones is 1. The van der Waals surface area contributed by atoms with Gasteiger partial charge in [0.1, 0.15) is 11.5 Å². The van der Waals surface area contributed by atoms with Gasteiger partial charge in [0.15, 0.2) is 0 Å². The summed E-state index contributed by atoms with van der Waals surface area (Å²) in [5, 5.41) is 8.34. The minimum atomic E-state index is -0.934. The molecule has 0 saturated heterocycles. The topological polar surface area (TPSA) is 67.5 Å². The van der Waals surface area contributed by atoms with Crippen LogP contribution in [0.4, 0.5) is 0 Å². The Balaban J connectivity index is 2.18. The van der Waals surface area contributed by atoms with Crippen LogP contribution in [0.1, 0.15) is 25.0 Å². The van der Waals surface area contributed by atoms with Crippen LogP contribution in [0.2, 0.25) is 0 Å². The van der Waals surface area contributed by atoms with Gasteiger partial charge in [0.25, 0.3) is 0 Å². The summed E-state index contributed by atoms with van der Waals surface area (Å²) in [6.45, 7) is 0. The lowest BCUT2D eigenvalue weighted by molar-refractivity contribution is -0.138. The fourth-order valence-electron chi connectivity index (χ4n) is 1.09. The molecule has 0 spiro atoms. The number of rotatable bonds is 6. The summed E-state index contributed by atoms with van der Waals surface area (Å²) in [4.78, 5) is 21.3. The van der Waals surface area contributed by atoms with E-state index in [0.717, 1.165) is 5.76 Å². The van der Waals surface area contributed by atoms with E-state index >= 15 is 0 Å². The van der Waals surface area contributed by atoms with Crippen molar-refractivity contribution in [3.63, 3.8) is 0 Å². The zero-order chi connectivity index (χ0) is 10.4. The van der Waals surface area contributed by atoms with Crippen LogP contribution < -0.4 is 0 Å². The number of carboxylic acids is 1. The van der Waals surface area contributed by atoms with E-state index in [1.807, 2.05) is 0 Å². The maximum atomic E-state index is 11.1. The lowest BCUT2D eigenvalue weighted by atomic mass is 10.1. The third-order valence-corrected chi connectivity index (χ3v) is 1.85. The molecule has 0 bridgehead atoms. The van der Waals surface area contributed by atoms with Gasteiger partial charge in [0.2, 0.25) is 0 Å². The van der Waals surface area contributed by atoms with E-state index in [2.05, 4.69) is 0 Å². The van der Waals surface area contributed by atoms with Crippen molar-refractivity contribution in [2.24, 2.45) is 0 Å². The Morgan fingerprint density at radius 1 is 1.29 bits per heavy atom. The summed E-state index contributed by atoms with van der Waals surface area (Å²) >= 11 is 0. The maximum absolute atomic E-state index is 11.1. The fraction of sp³-hybridized carbons (Fsp3) is 0.400. The van der Waals surface area contributed by atoms with Crippen molar-refractivity contribution in [1.29, 1.82) is 0 Å². The largest absolute Gasteiger partial charge is 0.481 e. The van der Waals surface area contributed by atoms with Crippen molar-refractivity contribution < 1.29 is 19.1 Å². The first-order chi connectivity index (χ1) is 6.68. The molecule has 76 valence electrons. The fourth-order valence-corrected chi connectivity index (χ4v) is 1.09. The summed E-state index contributed by atoms with van der Waals surface area (Å²) in [5.74, 6) is -0.214. The highest BCUT2D eigenvalue weighted by atomic mass is 16.4. The number of Topliss-reactive ketones (excluding diaryl/α,β-unsaturated/α-hetero) is 1. The lowest BCUT2D eigenvalue weighted by Gasteiger charge is -1.96. The molecule has 1 N–H and O–H groups in total. The van der Waals surface area contributed by atoms with Gasteiger partial charge in [0, 0.05) is 19.3 Å². The summed E-state index contributed by atoms with van der Waals surface area (Å²) in [6.07, 6.45) is 2.47. The van der Waals surface area contributed by atoms with E-state index in [-0.39, 0.29) is 18.6 Å². The Morgan fingerprint density at radius 3 is 2.64 bits per heavy atom. The van der Waals surface area contributed by atoms with E-state index in [0.29, 0.717) is 12.8 Å². The zero-order valence-corrected chi connectivity index (χ0v) is 7.73. The molecule has 4 nitrogen and oxygen atoms in total. The average Bonchev–Trinajstić information content (AvgIpc) is 2.63. The second-order valence-corrected chi connectivity index (χ2v) is 3.01. The summed E-state index contributed by atoms with van der Waals surface area (Å²) in [7, 11) is 0. The van der Waals surface area contributed by atoms with Gasteiger partial charge >= 0.3 is 5.97 Å². The molecule has 0 unspecified atom stereocenters. The Morgan fingerprint density at radius 2 is 2.07 bits per heavy atom. The van der Waals surface area contributed by atoms with Gasteiger partial charge in [-0.15, -0.1) is 0 Å². The smallest absolute Gasteiger partial charge is 0.303 e. The number of hydrogen-bond donors (Lipinski definition) is 1. The van der Waals surface area contributed by atoms with Crippen molar-refractivity contribution in [3.05, 3.63) is 24.2 Å². The van der Waals surface area contributed by atoms with Crippen LogP contribution in [-0.2, 0) is 16.0 Å². The van der Waals surface area contributed by atoms with Crippen molar-refractivity contribution in [2.45, 2.75) is 25.7 Å². The number of aryl methyl sites for hydroxylation is 1. The number of carbonyl (C=O) groups is 2. The Bertz CT molecular complexity index is 300. The molecule has 1 aromatic rings. The molecule has 0 radical (unpaired) electrons. The minimum absolute atomic E-state index is 0.0381. The number of carbonyl (C=O) groups excluding carboxylic acids is 1. The Kier molecular flexibility index (Phi) is 3.91. The zero-order valence-electron chi connectivity index (χ0n) is 7.73. The predicted octanol–water partition coefficient (Wildman–Crippen LogP) is 1.65. The molecule has 1 heterocycles. The van der Waals surface area contributed by atoms with Gasteiger partial charge in [-0.2, -0.15) is 0 Å². The molecule has 0 saturated carbocycles. The van der Waals surface area contributed by atoms with Gasteiger partial charge in [-0.3, -0.25) is 9.59 Å². The van der Waals surface area contributed by atoms with Crippen LogP contribution in [0.25, 0.3) is 0 Å². The molecule has 14 heavy (non-hydrogen) atoms. The normalized spacial score (nSPS) is 10.0. The molecular formula is C10H12O4. The molecule has 0 aliphatic rings. The first-order valence-corrected chi connectivity index (χ1v) is 4.44. The summed E-state index contributed by atoms with van der Waals surface area (Å²) in [5.41, 5.74) is 0. The van der Waals surface area contributed by atoms with E-state index in [9.17, 15) is 9.59 Å². The lowest BCUT2D eigenvalue weighted by Crippen LogP contribution is -2.04. The van der Waals surface area contributed by atoms with Crippen molar-refractivity contribution in [2.75, 3.05) is 0 Å². The minimum Gasteiger partial charge on any atom is -0.481 e. The highest BCUT2D eigenvalue weighted by molar-refractivity contribution is 5.82. The number of furan rings is 1. The summed E-state index contributed by atoms with van der Waals surface area (Å²) in [6, 6.07) is 3.56. The van der Waals surface area contributed by atoms with Gasteiger partial charge in [-0.1, -0.05) is 0 Å². The summed E-state index contributed by atoms with van der Waals surface area (Å²) < 4.78 is 5.04. The second kappa shape index (κ2) is 5.21. The highest BCUT2D eigenvalue weighted by Crippen LogP contribution is 2.05. The Labute approximate surface area is 81.5 Å². The molecule has 0 atom stereocenters. The van der Waals surface area contributed by atoms with E-state index in [1.54, 1.807) is 18.4 Å². The number of carboxylic acid groups (broad SMARTS) is 1. The number of aliphatic carboxylic acids is 1. The molecule has 0 aliphatic heterocycles. The number of hydrogen-bond acceptors (Lipinski definition) is 3. The third-order valence-electron chi connectivity index (χ3n) is 1.85. The second-order valence-electron chi connectivity index (χ2n) is 3.01. The molecule has 4 heteroatoms. The molecule has 0 fully saturated rings. The van der Waals surface area contributed by atoms with Crippen LogP contribution in [0.15, 0.2) is 22.8 Å². The first kappa shape index (κ1) is 10.5. The van der Waals surface area contributed by atoms with Gasteiger partial charge < -0.3 is 9.52 Å².